The lowest BCUT2D eigenvalue weighted by molar-refractivity contribution is 0.390. The zero-order chi connectivity index (χ0) is 12.2. The van der Waals surface area contributed by atoms with Crippen molar-refractivity contribution in [1.82, 2.24) is 25.1 Å². The Morgan fingerprint density at radius 1 is 1.33 bits per heavy atom. The zero-order valence-electron chi connectivity index (χ0n) is 10.5. The van der Waals surface area contributed by atoms with Crippen LogP contribution in [0.15, 0.2) is 0 Å². The summed E-state index contributed by atoms with van der Waals surface area (Å²) in [6.07, 6.45) is 6.18. The molecule has 18 heavy (non-hydrogen) atoms. The highest BCUT2D eigenvalue weighted by Crippen LogP contribution is 2.37. The van der Waals surface area contributed by atoms with Crippen LogP contribution in [-0.2, 0) is 5.54 Å². The second-order valence-corrected chi connectivity index (χ2v) is 6.61. The van der Waals surface area contributed by atoms with Crippen LogP contribution in [0.25, 0.3) is 4.96 Å². The number of nitrogens with zero attached hydrogens (tertiary/aromatic N) is 4. The molecule has 1 unspecified atom stereocenters. The second kappa shape index (κ2) is 3.74. The number of rotatable bonds is 2. The van der Waals surface area contributed by atoms with Crippen molar-refractivity contribution in [3.8, 4) is 0 Å². The maximum Gasteiger partial charge on any atom is 0.234 e. The standard InChI is InChI=1S/C12H17N5S/c1-12(6-3-7-13-12)10-16-17-9(8-4-2-5-8)14-15-11(17)18-10/h8,13H,2-7H2,1H3. The molecule has 3 heterocycles. The monoisotopic (exact) mass is 263 g/mol. The third-order valence-corrected chi connectivity index (χ3v) is 5.49. The molecule has 1 atom stereocenters. The lowest BCUT2D eigenvalue weighted by atomic mass is 9.85. The average molecular weight is 263 g/mol. The highest BCUT2D eigenvalue weighted by atomic mass is 32.1. The number of hydrogen-bond donors (Lipinski definition) is 1. The molecule has 2 fully saturated rings. The third-order valence-electron chi connectivity index (χ3n) is 4.33. The highest BCUT2D eigenvalue weighted by Gasteiger charge is 2.35. The first kappa shape index (κ1) is 10.9. The first-order valence-electron chi connectivity index (χ1n) is 6.74. The first-order valence-corrected chi connectivity index (χ1v) is 7.56. The van der Waals surface area contributed by atoms with E-state index in [0.717, 1.165) is 28.8 Å². The summed E-state index contributed by atoms with van der Waals surface area (Å²) < 4.78 is 1.98. The molecule has 0 spiro atoms. The Hall–Kier alpha value is -1.01. The molecule has 1 aliphatic carbocycles. The Morgan fingerprint density at radius 3 is 2.89 bits per heavy atom. The van der Waals surface area contributed by atoms with E-state index in [2.05, 4.69) is 22.4 Å². The lowest BCUT2D eigenvalue weighted by Gasteiger charge is -2.23. The van der Waals surface area contributed by atoms with Crippen LogP contribution in [0.3, 0.4) is 0 Å². The van der Waals surface area contributed by atoms with E-state index < -0.39 is 0 Å². The highest BCUT2D eigenvalue weighted by molar-refractivity contribution is 7.16. The maximum atomic E-state index is 4.78. The van der Waals surface area contributed by atoms with Crippen molar-refractivity contribution in [3.63, 3.8) is 0 Å². The molecule has 0 aromatic carbocycles. The summed E-state index contributed by atoms with van der Waals surface area (Å²) in [5.74, 6) is 1.65. The van der Waals surface area contributed by atoms with E-state index in [-0.39, 0.29) is 5.54 Å². The molecule has 0 bridgehead atoms. The van der Waals surface area contributed by atoms with Gasteiger partial charge in [0.05, 0.1) is 5.54 Å². The molecule has 96 valence electrons. The van der Waals surface area contributed by atoms with Gasteiger partial charge in [-0.3, -0.25) is 0 Å². The normalized spacial score (nSPS) is 28.9. The van der Waals surface area contributed by atoms with Gasteiger partial charge in [-0.25, -0.2) is 0 Å². The minimum absolute atomic E-state index is 0.0439. The van der Waals surface area contributed by atoms with Crippen molar-refractivity contribution >= 4 is 16.3 Å². The van der Waals surface area contributed by atoms with Gasteiger partial charge in [0.1, 0.15) is 5.01 Å². The Morgan fingerprint density at radius 2 is 2.22 bits per heavy atom. The molecule has 6 heteroatoms. The predicted octanol–water partition coefficient (Wildman–Crippen LogP) is 2.05. The van der Waals surface area contributed by atoms with Gasteiger partial charge < -0.3 is 5.32 Å². The minimum atomic E-state index is 0.0439. The van der Waals surface area contributed by atoms with Gasteiger partial charge in [-0.2, -0.15) is 9.61 Å². The molecule has 0 amide bonds. The molecule has 4 rings (SSSR count). The fourth-order valence-corrected chi connectivity index (χ4v) is 3.85. The van der Waals surface area contributed by atoms with Gasteiger partial charge in [-0.05, 0) is 39.2 Å². The van der Waals surface area contributed by atoms with Gasteiger partial charge in [0.2, 0.25) is 4.96 Å². The Labute approximate surface area is 110 Å². The molecule has 1 saturated carbocycles. The quantitative estimate of drug-likeness (QED) is 0.901. The SMILES string of the molecule is CC1(c2nn3c(C4CCC4)nnc3s2)CCCN1. The van der Waals surface area contributed by atoms with E-state index in [1.807, 2.05) is 4.52 Å². The van der Waals surface area contributed by atoms with Crippen LogP contribution in [-0.4, -0.2) is 26.4 Å². The minimum Gasteiger partial charge on any atom is -0.306 e. The van der Waals surface area contributed by atoms with E-state index in [1.54, 1.807) is 11.3 Å². The van der Waals surface area contributed by atoms with Crippen LogP contribution in [0.5, 0.6) is 0 Å². The lowest BCUT2D eigenvalue weighted by Crippen LogP contribution is -2.33. The molecular formula is C12H17N5S. The van der Waals surface area contributed by atoms with Crippen LogP contribution in [0, 0.1) is 0 Å². The van der Waals surface area contributed by atoms with Gasteiger partial charge in [-0.1, -0.05) is 17.8 Å². The molecule has 2 aromatic rings. The molecule has 1 N–H and O–H groups in total. The van der Waals surface area contributed by atoms with Crippen LogP contribution in [0.2, 0.25) is 0 Å². The van der Waals surface area contributed by atoms with E-state index in [9.17, 15) is 0 Å². The Bertz CT molecular complexity index is 576. The predicted molar refractivity (Wildman–Crippen MR) is 69.8 cm³/mol. The number of nitrogens with one attached hydrogen (secondary N) is 1. The van der Waals surface area contributed by atoms with Crippen molar-refractivity contribution in [2.45, 2.75) is 50.5 Å². The van der Waals surface area contributed by atoms with Crippen molar-refractivity contribution < 1.29 is 0 Å². The number of hydrogen-bond acceptors (Lipinski definition) is 5. The molecule has 5 nitrogen and oxygen atoms in total. The van der Waals surface area contributed by atoms with Crippen LogP contribution >= 0.6 is 11.3 Å². The summed E-state index contributed by atoms with van der Waals surface area (Å²) in [5.41, 5.74) is 0.0439. The Kier molecular flexibility index (Phi) is 2.26. The van der Waals surface area contributed by atoms with Gasteiger partial charge in [0.25, 0.3) is 0 Å². The van der Waals surface area contributed by atoms with Gasteiger partial charge in [-0.15, -0.1) is 10.2 Å². The van der Waals surface area contributed by atoms with Gasteiger partial charge >= 0.3 is 0 Å². The van der Waals surface area contributed by atoms with Crippen LogP contribution < -0.4 is 5.32 Å². The topological polar surface area (TPSA) is 55.1 Å². The number of aromatic nitrogens is 4. The van der Waals surface area contributed by atoms with Crippen LogP contribution in [0.1, 0.15) is 55.8 Å². The molecule has 1 aliphatic heterocycles. The fraction of sp³-hybridized carbons (Fsp3) is 0.750. The van der Waals surface area contributed by atoms with Gasteiger partial charge in [0, 0.05) is 5.92 Å². The Balaban J connectivity index is 1.77. The van der Waals surface area contributed by atoms with Crippen molar-refractivity contribution in [1.29, 1.82) is 0 Å². The summed E-state index contributed by atoms with van der Waals surface area (Å²) in [5, 5.41) is 18.1. The molecule has 1 saturated heterocycles. The smallest absolute Gasteiger partial charge is 0.234 e. The summed E-state index contributed by atoms with van der Waals surface area (Å²) >= 11 is 1.68. The van der Waals surface area contributed by atoms with Crippen LogP contribution in [0.4, 0.5) is 0 Å². The molecule has 2 aliphatic rings. The van der Waals surface area contributed by atoms with E-state index in [4.69, 9.17) is 5.10 Å². The second-order valence-electron chi connectivity index (χ2n) is 5.65. The third kappa shape index (κ3) is 1.45. The first-order chi connectivity index (χ1) is 8.76. The van der Waals surface area contributed by atoms with Crippen molar-refractivity contribution in [2.75, 3.05) is 6.54 Å². The summed E-state index contributed by atoms with van der Waals surface area (Å²) in [6, 6.07) is 0. The molecule has 2 aromatic heterocycles. The molecular weight excluding hydrogens is 246 g/mol. The van der Waals surface area contributed by atoms with E-state index >= 15 is 0 Å². The summed E-state index contributed by atoms with van der Waals surface area (Å²) in [7, 11) is 0. The average Bonchev–Trinajstić information content (AvgIpc) is 2.92. The zero-order valence-corrected chi connectivity index (χ0v) is 11.3. The largest absolute Gasteiger partial charge is 0.306 e. The summed E-state index contributed by atoms with van der Waals surface area (Å²) in [4.78, 5) is 0.946. The molecule has 0 radical (unpaired) electrons. The van der Waals surface area contributed by atoms with E-state index in [1.165, 1.54) is 25.7 Å². The fourth-order valence-electron chi connectivity index (χ4n) is 2.85. The summed E-state index contributed by atoms with van der Waals surface area (Å²) in [6.45, 7) is 3.33. The van der Waals surface area contributed by atoms with E-state index in [0.29, 0.717) is 5.92 Å². The van der Waals surface area contributed by atoms with Crippen molar-refractivity contribution in [2.24, 2.45) is 0 Å². The maximum absolute atomic E-state index is 4.78. The number of fused-ring (bicyclic) bond motifs is 1. The van der Waals surface area contributed by atoms with Crippen molar-refractivity contribution in [3.05, 3.63) is 10.8 Å². The van der Waals surface area contributed by atoms with Gasteiger partial charge in [0.15, 0.2) is 5.82 Å².